The predicted molar refractivity (Wildman–Crippen MR) is 121 cm³/mol. The molecule has 0 bridgehead atoms. The zero-order valence-corrected chi connectivity index (χ0v) is 16.9. The number of rotatable bonds is 3. The van der Waals surface area contributed by atoms with Crippen LogP contribution in [0, 0.1) is 16.7 Å². The van der Waals surface area contributed by atoms with Crippen molar-refractivity contribution in [3.8, 4) is 11.8 Å². The standard InChI is InChI=1S/C14H11N3O2.C11H11N/c15-8-9-5-6-10(18)7-12(9)17-14-16-11-3-1-2-4-13(11)19-14;12-8-9-5-6-10-3-1-2-4-11(10)7-9/h1-8,15,18H,(H,16,17);5-7H,1-4H2. The number of hydrogen-bond acceptors (Lipinski definition) is 6. The second-order valence-corrected chi connectivity index (χ2v) is 7.33. The molecule has 0 saturated carbocycles. The van der Waals surface area contributed by atoms with E-state index in [1.807, 2.05) is 36.4 Å². The molecule has 0 saturated heterocycles. The van der Waals surface area contributed by atoms with Gasteiger partial charge in [-0.3, -0.25) is 0 Å². The van der Waals surface area contributed by atoms with Crippen LogP contribution in [0.15, 0.2) is 65.1 Å². The molecule has 0 atom stereocenters. The number of nitriles is 1. The van der Waals surface area contributed by atoms with Crippen molar-refractivity contribution >= 4 is 29.0 Å². The third kappa shape index (κ3) is 4.73. The van der Waals surface area contributed by atoms with Crippen LogP contribution in [-0.4, -0.2) is 16.3 Å². The number of phenolic OH excluding ortho intramolecular Hbond substituents is 1. The maximum Gasteiger partial charge on any atom is 0.300 e. The topological polar surface area (TPSA) is 106 Å². The van der Waals surface area contributed by atoms with Gasteiger partial charge < -0.3 is 20.2 Å². The fourth-order valence-corrected chi connectivity index (χ4v) is 3.62. The van der Waals surface area contributed by atoms with Crippen molar-refractivity contribution in [2.75, 3.05) is 5.32 Å². The Hall–Kier alpha value is -4.11. The molecule has 0 amide bonds. The van der Waals surface area contributed by atoms with Gasteiger partial charge in [0.05, 0.1) is 17.3 Å². The zero-order valence-electron chi connectivity index (χ0n) is 16.9. The van der Waals surface area contributed by atoms with Gasteiger partial charge in [0, 0.05) is 17.8 Å². The minimum Gasteiger partial charge on any atom is -0.508 e. The van der Waals surface area contributed by atoms with Crippen LogP contribution >= 0.6 is 0 Å². The number of phenols is 1. The first-order chi connectivity index (χ1) is 15.2. The Bertz CT molecular complexity index is 1240. The molecule has 4 aromatic rings. The molecule has 1 aliphatic rings. The van der Waals surface area contributed by atoms with E-state index in [1.165, 1.54) is 48.7 Å². The van der Waals surface area contributed by atoms with E-state index in [0.717, 1.165) is 17.5 Å². The molecular formula is C25H22N4O2. The summed E-state index contributed by atoms with van der Waals surface area (Å²) in [4.78, 5) is 4.28. The molecule has 0 radical (unpaired) electrons. The van der Waals surface area contributed by atoms with Gasteiger partial charge in [-0.1, -0.05) is 18.2 Å². The van der Waals surface area contributed by atoms with E-state index in [4.69, 9.17) is 15.1 Å². The summed E-state index contributed by atoms with van der Waals surface area (Å²) in [6.07, 6.45) is 6.14. The number of hydrogen-bond donors (Lipinski definition) is 3. The predicted octanol–water partition coefficient (Wildman–Crippen LogP) is 5.71. The highest BCUT2D eigenvalue weighted by Crippen LogP contribution is 2.26. The van der Waals surface area contributed by atoms with E-state index in [2.05, 4.69) is 22.4 Å². The number of aromatic nitrogens is 1. The summed E-state index contributed by atoms with van der Waals surface area (Å²) in [5.41, 5.74) is 6.28. The van der Waals surface area contributed by atoms with Crippen molar-refractivity contribution < 1.29 is 9.52 Å². The number of aromatic hydroxyl groups is 1. The normalized spacial score (nSPS) is 12.2. The lowest BCUT2D eigenvalue weighted by atomic mass is 9.91. The maximum atomic E-state index is 9.48. The van der Waals surface area contributed by atoms with Crippen molar-refractivity contribution in [3.05, 3.63) is 82.9 Å². The van der Waals surface area contributed by atoms with Crippen LogP contribution in [0.25, 0.3) is 11.1 Å². The SMILES string of the molecule is N#Cc1ccc2c(c1)CCCC2.N=Cc1ccc(O)cc1Nc1nc2ccccc2o1. The Labute approximate surface area is 180 Å². The number of benzene rings is 3. The average Bonchev–Trinajstić information content (AvgIpc) is 3.21. The second-order valence-electron chi connectivity index (χ2n) is 7.33. The minimum absolute atomic E-state index is 0.115. The van der Waals surface area contributed by atoms with E-state index in [0.29, 0.717) is 22.8 Å². The second kappa shape index (κ2) is 9.14. The van der Waals surface area contributed by atoms with Crippen molar-refractivity contribution in [1.82, 2.24) is 4.98 Å². The molecule has 0 spiro atoms. The van der Waals surface area contributed by atoms with E-state index in [-0.39, 0.29) is 5.75 Å². The molecule has 6 heteroatoms. The summed E-state index contributed by atoms with van der Waals surface area (Å²) in [7, 11) is 0. The lowest BCUT2D eigenvalue weighted by molar-refractivity contribution is 0.475. The quantitative estimate of drug-likeness (QED) is 0.375. The van der Waals surface area contributed by atoms with Crippen LogP contribution < -0.4 is 5.32 Å². The first-order valence-corrected chi connectivity index (χ1v) is 10.1. The molecular weight excluding hydrogens is 388 g/mol. The molecule has 0 unspecified atom stereocenters. The van der Waals surface area contributed by atoms with Crippen molar-refractivity contribution in [3.63, 3.8) is 0 Å². The van der Waals surface area contributed by atoms with Gasteiger partial charge >= 0.3 is 0 Å². The number of oxazole rings is 1. The van der Waals surface area contributed by atoms with Crippen LogP contribution in [0.4, 0.5) is 11.7 Å². The van der Waals surface area contributed by atoms with Crippen molar-refractivity contribution in [2.24, 2.45) is 0 Å². The van der Waals surface area contributed by atoms with Crippen LogP contribution in [0.5, 0.6) is 5.75 Å². The molecule has 1 heterocycles. The summed E-state index contributed by atoms with van der Waals surface area (Å²) < 4.78 is 5.53. The molecule has 0 fully saturated rings. The number of nitrogens with one attached hydrogen (secondary N) is 2. The number of para-hydroxylation sites is 2. The summed E-state index contributed by atoms with van der Waals surface area (Å²) in [5.74, 6) is 0.115. The van der Waals surface area contributed by atoms with Gasteiger partial charge in [-0.05, 0) is 73.2 Å². The first-order valence-electron chi connectivity index (χ1n) is 10.1. The Balaban J connectivity index is 0.000000166. The van der Waals surface area contributed by atoms with Gasteiger partial charge in [0.25, 0.3) is 6.01 Å². The lowest BCUT2D eigenvalue weighted by Gasteiger charge is -2.14. The van der Waals surface area contributed by atoms with Crippen LogP contribution in [-0.2, 0) is 12.8 Å². The molecule has 1 aliphatic carbocycles. The summed E-state index contributed by atoms with van der Waals surface area (Å²) in [6.45, 7) is 0. The monoisotopic (exact) mass is 410 g/mol. The molecule has 6 nitrogen and oxygen atoms in total. The zero-order chi connectivity index (χ0) is 21.6. The van der Waals surface area contributed by atoms with Gasteiger partial charge in [0.1, 0.15) is 11.3 Å². The molecule has 5 rings (SSSR count). The average molecular weight is 410 g/mol. The smallest absolute Gasteiger partial charge is 0.300 e. The summed E-state index contributed by atoms with van der Waals surface area (Å²) >= 11 is 0. The summed E-state index contributed by atoms with van der Waals surface area (Å²) in [5, 5.41) is 28.5. The van der Waals surface area contributed by atoms with Crippen molar-refractivity contribution in [2.45, 2.75) is 25.7 Å². The lowest BCUT2D eigenvalue weighted by Crippen LogP contribution is -2.02. The van der Waals surface area contributed by atoms with E-state index < -0.39 is 0 Å². The highest BCUT2D eigenvalue weighted by molar-refractivity contribution is 5.87. The molecule has 1 aromatic heterocycles. The number of anilines is 2. The Morgan fingerprint density at radius 1 is 1.03 bits per heavy atom. The number of aryl methyl sites for hydroxylation is 2. The maximum absolute atomic E-state index is 9.48. The number of nitrogens with zero attached hydrogens (tertiary/aromatic N) is 2. The van der Waals surface area contributed by atoms with Crippen LogP contribution in [0.3, 0.4) is 0 Å². The van der Waals surface area contributed by atoms with Crippen LogP contribution in [0.1, 0.15) is 35.1 Å². The third-order valence-electron chi connectivity index (χ3n) is 5.21. The van der Waals surface area contributed by atoms with E-state index in [9.17, 15) is 5.11 Å². The Kier molecular flexibility index (Phi) is 5.95. The fraction of sp³-hybridized carbons (Fsp3) is 0.160. The molecule has 154 valence electrons. The van der Waals surface area contributed by atoms with Crippen LogP contribution in [0.2, 0.25) is 0 Å². The first kappa shape index (κ1) is 20.2. The number of fused-ring (bicyclic) bond motifs is 2. The molecule has 3 aromatic carbocycles. The molecule has 0 aliphatic heterocycles. The highest BCUT2D eigenvalue weighted by atomic mass is 16.4. The van der Waals surface area contributed by atoms with Gasteiger partial charge in [-0.25, -0.2) is 0 Å². The summed E-state index contributed by atoms with van der Waals surface area (Å²) in [6, 6.07) is 20.7. The Morgan fingerprint density at radius 3 is 2.61 bits per heavy atom. The minimum atomic E-state index is 0.115. The largest absolute Gasteiger partial charge is 0.508 e. The van der Waals surface area contributed by atoms with E-state index >= 15 is 0 Å². The third-order valence-corrected chi connectivity index (χ3v) is 5.21. The van der Waals surface area contributed by atoms with Gasteiger partial charge in [0.15, 0.2) is 5.58 Å². The van der Waals surface area contributed by atoms with Gasteiger partial charge in [0.2, 0.25) is 0 Å². The van der Waals surface area contributed by atoms with Crippen molar-refractivity contribution in [1.29, 1.82) is 10.7 Å². The van der Waals surface area contributed by atoms with Gasteiger partial charge in [-0.15, -0.1) is 0 Å². The molecule has 3 N–H and O–H groups in total. The highest BCUT2D eigenvalue weighted by Gasteiger charge is 2.09. The fourth-order valence-electron chi connectivity index (χ4n) is 3.62. The molecule has 31 heavy (non-hydrogen) atoms. The van der Waals surface area contributed by atoms with E-state index in [1.54, 1.807) is 6.07 Å². The van der Waals surface area contributed by atoms with Gasteiger partial charge in [-0.2, -0.15) is 10.2 Å². The Morgan fingerprint density at radius 2 is 1.84 bits per heavy atom.